The molecule has 0 spiro atoms. The number of hydrogen-bond donors (Lipinski definition) is 1. The lowest BCUT2D eigenvalue weighted by molar-refractivity contribution is 0.0526. The van der Waals surface area contributed by atoms with Gasteiger partial charge in [0.25, 0.3) is 0 Å². The van der Waals surface area contributed by atoms with Crippen LogP contribution in [0.15, 0.2) is 24.8 Å². The van der Waals surface area contributed by atoms with Gasteiger partial charge in [0.15, 0.2) is 5.82 Å². The molecule has 0 amide bonds. The molecule has 0 aliphatic carbocycles. The predicted octanol–water partition coefficient (Wildman–Crippen LogP) is 1.66. The van der Waals surface area contributed by atoms with E-state index in [1.807, 2.05) is 0 Å². The standard InChI is InChI=1S/C13H17N5O2/c1-3-5-14-11-6-12(16-9-15-11)18-8-10(7-17-18)13(19)20-4-2/h6-9H,3-5H2,1-2H3,(H,14,15,16). The summed E-state index contributed by atoms with van der Waals surface area (Å²) >= 11 is 0. The molecule has 0 aliphatic rings. The molecule has 0 radical (unpaired) electrons. The molecular weight excluding hydrogens is 258 g/mol. The highest BCUT2D eigenvalue weighted by Gasteiger charge is 2.11. The van der Waals surface area contributed by atoms with Crippen LogP contribution in [-0.4, -0.2) is 38.9 Å². The number of nitrogens with zero attached hydrogens (tertiary/aromatic N) is 4. The molecule has 0 atom stereocenters. The Balaban J connectivity index is 2.17. The molecule has 2 rings (SSSR count). The van der Waals surface area contributed by atoms with Crippen LogP contribution < -0.4 is 5.32 Å². The van der Waals surface area contributed by atoms with Crippen molar-refractivity contribution in [1.82, 2.24) is 19.7 Å². The Morgan fingerprint density at radius 1 is 1.40 bits per heavy atom. The molecule has 0 saturated carbocycles. The smallest absolute Gasteiger partial charge is 0.341 e. The topological polar surface area (TPSA) is 81.9 Å². The SMILES string of the molecule is CCCNc1cc(-n2cc(C(=O)OCC)cn2)ncn1. The molecule has 7 nitrogen and oxygen atoms in total. The summed E-state index contributed by atoms with van der Waals surface area (Å²) in [5.41, 5.74) is 0.397. The molecule has 2 aromatic heterocycles. The van der Waals surface area contributed by atoms with Gasteiger partial charge in [-0.1, -0.05) is 6.92 Å². The quantitative estimate of drug-likeness (QED) is 0.807. The number of nitrogens with one attached hydrogen (secondary N) is 1. The maximum Gasteiger partial charge on any atom is 0.341 e. The highest BCUT2D eigenvalue weighted by Crippen LogP contribution is 2.10. The number of carbonyl (C=O) groups excluding carboxylic acids is 1. The molecule has 1 N–H and O–H groups in total. The summed E-state index contributed by atoms with van der Waals surface area (Å²) in [6, 6.07) is 1.78. The van der Waals surface area contributed by atoms with Crippen molar-refractivity contribution < 1.29 is 9.53 Å². The Kier molecular flexibility index (Phi) is 4.65. The summed E-state index contributed by atoms with van der Waals surface area (Å²) in [6.45, 7) is 5.01. The summed E-state index contributed by atoms with van der Waals surface area (Å²) in [5.74, 6) is 0.927. The number of carbonyl (C=O) groups is 1. The van der Waals surface area contributed by atoms with Crippen LogP contribution in [0.5, 0.6) is 0 Å². The van der Waals surface area contributed by atoms with Crippen molar-refractivity contribution >= 4 is 11.8 Å². The number of ether oxygens (including phenoxy) is 1. The lowest BCUT2D eigenvalue weighted by Gasteiger charge is -2.05. The van der Waals surface area contributed by atoms with Crippen LogP contribution >= 0.6 is 0 Å². The molecule has 0 aromatic carbocycles. The molecule has 2 heterocycles. The Bertz CT molecular complexity index is 582. The van der Waals surface area contributed by atoms with Crippen LogP contribution in [0.25, 0.3) is 5.82 Å². The van der Waals surface area contributed by atoms with Crippen molar-refractivity contribution in [3.05, 3.63) is 30.4 Å². The fourth-order valence-corrected chi connectivity index (χ4v) is 1.59. The molecule has 0 unspecified atom stereocenters. The number of anilines is 1. The van der Waals surface area contributed by atoms with Crippen molar-refractivity contribution in [2.24, 2.45) is 0 Å². The van der Waals surface area contributed by atoms with Crippen molar-refractivity contribution in [1.29, 1.82) is 0 Å². The van der Waals surface area contributed by atoms with E-state index in [-0.39, 0.29) is 0 Å². The van der Waals surface area contributed by atoms with E-state index < -0.39 is 5.97 Å². The maximum absolute atomic E-state index is 11.6. The highest BCUT2D eigenvalue weighted by molar-refractivity contribution is 5.88. The van der Waals surface area contributed by atoms with E-state index >= 15 is 0 Å². The molecular formula is C13H17N5O2. The van der Waals surface area contributed by atoms with Crippen LogP contribution in [0.4, 0.5) is 5.82 Å². The summed E-state index contributed by atoms with van der Waals surface area (Å²) in [7, 11) is 0. The second-order valence-electron chi connectivity index (χ2n) is 4.08. The zero-order valence-corrected chi connectivity index (χ0v) is 11.5. The summed E-state index contributed by atoms with van der Waals surface area (Å²) in [4.78, 5) is 19.8. The Hall–Kier alpha value is -2.44. The maximum atomic E-state index is 11.6. The predicted molar refractivity (Wildman–Crippen MR) is 73.9 cm³/mol. The molecule has 20 heavy (non-hydrogen) atoms. The summed E-state index contributed by atoms with van der Waals surface area (Å²) in [6.07, 6.45) is 5.51. The van der Waals surface area contributed by atoms with Gasteiger partial charge in [0, 0.05) is 18.8 Å². The van der Waals surface area contributed by atoms with Crippen molar-refractivity contribution in [3.8, 4) is 5.82 Å². The van der Waals surface area contributed by atoms with E-state index in [0.29, 0.717) is 18.0 Å². The van der Waals surface area contributed by atoms with E-state index in [1.165, 1.54) is 17.2 Å². The first kappa shape index (κ1) is 14.0. The summed E-state index contributed by atoms with van der Waals surface area (Å²) < 4.78 is 6.44. The fourth-order valence-electron chi connectivity index (χ4n) is 1.59. The van der Waals surface area contributed by atoms with Gasteiger partial charge in [0.05, 0.1) is 18.4 Å². The van der Waals surface area contributed by atoms with E-state index in [2.05, 4.69) is 27.3 Å². The van der Waals surface area contributed by atoms with E-state index in [9.17, 15) is 4.79 Å². The second kappa shape index (κ2) is 6.65. The number of esters is 1. The van der Waals surface area contributed by atoms with E-state index in [1.54, 1.807) is 19.2 Å². The highest BCUT2D eigenvalue weighted by atomic mass is 16.5. The molecule has 0 fully saturated rings. The first-order chi connectivity index (χ1) is 9.74. The molecule has 2 aromatic rings. The zero-order valence-electron chi connectivity index (χ0n) is 11.5. The third kappa shape index (κ3) is 3.31. The molecule has 0 saturated heterocycles. The lowest BCUT2D eigenvalue weighted by Crippen LogP contribution is -2.05. The largest absolute Gasteiger partial charge is 0.462 e. The van der Waals surface area contributed by atoms with Crippen molar-refractivity contribution in [2.45, 2.75) is 20.3 Å². The van der Waals surface area contributed by atoms with Crippen LogP contribution in [0, 0.1) is 0 Å². The van der Waals surface area contributed by atoms with Crippen LogP contribution in [0.2, 0.25) is 0 Å². The van der Waals surface area contributed by atoms with Gasteiger partial charge in [0.1, 0.15) is 12.1 Å². The number of aromatic nitrogens is 4. The Labute approximate surface area is 117 Å². The number of rotatable bonds is 6. The van der Waals surface area contributed by atoms with Crippen molar-refractivity contribution in [2.75, 3.05) is 18.5 Å². The molecule has 0 bridgehead atoms. The normalized spacial score (nSPS) is 10.3. The van der Waals surface area contributed by atoms with Gasteiger partial charge >= 0.3 is 5.97 Å². The second-order valence-corrected chi connectivity index (χ2v) is 4.08. The van der Waals surface area contributed by atoms with Gasteiger partial charge in [0.2, 0.25) is 0 Å². The van der Waals surface area contributed by atoms with Gasteiger partial charge in [-0.15, -0.1) is 0 Å². The monoisotopic (exact) mass is 275 g/mol. The van der Waals surface area contributed by atoms with E-state index in [4.69, 9.17) is 4.74 Å². The third-order valence-electron chi connectivity index (χ3n) is 2.54. The molecule has 106 valence electrons. The first-order valence-electron chi connectivity index (χ1n) is 6.52. The molecule has 0 aliphatic heterocycles. The third-order valence-corrected chi connectivity index (χ3v) is 2.54. The van der Waals surface area contributed by atoms with Gasteiger partial charge in [-0.05, 0) is 13.3 Å². The minimum absolute atomic E-state index is 0.336. The van der Waals surface area contributed by atoms with Gasteiger partial charge < -0.3 is 10.1 Å². The molecule has 7 heteroatoms. The van der Waals surface area contributed by atoms with Gasteiger partial charge in [-0.2, -0.15) is 5.10 Å². The average Bonchev–Trinajstić information content (AvgIpc) is 2.95. The Morgan fingerprint density at radius 2 is 2.25 bits per heavy atom. The zero-order chi connectivity index (χ0) is 14.4. The lowest BCUT2D eigenvalue weighted by atomic mass is 10.4. The van der Waals surface area contributed by atoms with Crippen LogP contribution in [0.1, 0.15) is 30.6 Å². The van der Waals surface area contributed by atoms with Crippen LogP contribution in [0.3, 0.4) is 0 Å². The van der Waals surface area contributed by atoms with Crippen LogP contribution in [-0.2, 0) is 4.74 Å². The fraction of sp³-hybridized carbons (Fsp3) is 0.385. The number of hydrogen-bond acceptors (Lipinski definition) is 6. The van der Waals surface area contributed by atoms with Crippen molar-refractivity contribution in [3.63, 3.8) is 0 Å². The van der Waals surface area contributed by atoms with Gasteiger partial charge in [-0.25, -0.2) is 19.4 Å². The van der Waals surface area contributed by atoms with E-state index in [0.717, 1.165) is 18.8 Å². The minimum atomic E-state index is -0.392. The Morgan fingerprint density at radius 3 is 3.00 bits per heavy atom. The van der Waals surface area contributed by atoms with Gasteiger partial charge in [-0.3, -0.25) is 0 Å². The summed E-state index contributed by atoms with van der Waals surface area (Å²) in [5, 5.41) is 7.28. The minimum Gasteiger partial charge on any atom is -0.462 e. The first-order valence-corrected chi connectivity index (χ1v) is 6.52. The average molecular weight is 275 g/mol.